The molecule has 18 heavy (non-hydrogen) atoms. The molecule has 2 fully saturated rings. The van der Waals surface area contributed by atoms with Crippen molar-refractivity contribution in [3.05, 3.63) is 23.8 Å². The Kier molecular flexibility index (Phi) is 2.40. The van der Waals surface area contributed by atoms with Crippen LogP contribution in [0.5, 0.6) is 5.75 Å². The third kappa shape index (κ3) is 1.74. The Balaban J connectivity index is 1.64. The van der Waals surface area contributed by atoms with E-state index in [-0.39, 0.29) is 0 Å². The second-order valence-electron chi connectivity index (χ2n) is 5.36. The first-order valence-electron chi connectivity index (χ1n) is 6.86. The maximum absolute atomic E-state index is 5.92. The summed E-state index contributed by atoms with van der Waals surface area (Å²) in [4.78, 5) is 4.78. The minimum Gasteiger partial charge on any atom is -0.490 e. The minimum absolute atomic E-state index is 0.314. The highest BCUT2D eigenvalue weighted by Crippen LogP contribution is 2.46. The number of fused-ring (bicyclic) bond motifs is 3. The topological polar surface area (TPSA) is 34.1 Å². The van der Waals surface area contributed by atoms with E-state index in [9.17, 15) is 0 Å². The Labute approximate surface area is 107 Å². The van der Waals surface area contributed by atoms with Gasteiger partial charge in [0.15, 0.2) is 0 Å². The van der Waals surface area contributed by atoms with E-state index in [4.69, 9.17) is 14.5 Å². The predicted octanol–water partition coefficient (Wildman–Crippen LogP) is 3.21. The summed E-state index contributed by atoms with van der Waals surface area (Å²) in [7, 11) is 0. The summed E-state index contributed by atoms with van der Waals surface area (Å²) in [5.74, 6) is 1.54. The van der Waals surface area contributed by atoms with Crippen LogP contribution in [0.25, 0.3) is 0 Å². The number of rotatable bonds is 3. The van der Waals surface area contributed by atoms with Gasteiger partial charge in [-0.1, -0.05) is 12.5 Å². The molecule has 0 amide bonds. The van der Waals surface area contributed by atoms with Crippen molar-refractivity contribution in [2.75, 3.05) is 13.2 Å². The zero-order valence-corrected chi connectivity index (χ0v) is 10.4. The molecule has 0 N–H and O–H groups in total. The molecular weight excluding hydrogens is 226 g/mol. The van der Waals surface area contributed by atoms with Gasteiger partial charge < -0.3 is 9.47 Å². The fourth-order valence-electron chi connectivity index (χ4n) is 3.05. The normalized spacial score (nSPS) is 28.3. The molecule has 0 aromatic heterocycles. The lowest BCUT2D eigenvalue weighted by Gasteiger charge is -2.21. The molecule has 1 aromatic rings. The van der Waals surface area contributed by atoms with Gasteiger partial charge in [0, 0.05) is 17.2 Å². The van der Waals surface area contributed by atoms with Crippen LogP contribution in [0.3, 0.4) is 0 Å². The Morgan fingerprint density at radius 1 is 1.33 bits per heavy atom. The number of aliphatic imine (C=N–C) groups is 1. The van der Waals surface area contributed by atoms with Crippen molar-refractivity contribution in [2.24, 2.45) is 4.99 Å². The molecule has 3 heteroatoms. The van der Waals surface area contributed by atoms with Crippen LogP contribution < -0.4 is 4.74 Å². The zero-order chi connectivity index (χ0) is 11.9. The van der Waals surface area contributed by atoms with E-state index >= 15 is 0 Å². The van der Waals surface area contributed by atoms with E-state index in [1.165, 1.54) is 30.5 Å². The maximum atomic E-state index is 5.92. The van der Waals surface area contributed by atoms with Crippen molar-refractivity contribution in [3.63, 3.8) is 0 Å². The lowest BCUT2D eigenvalue weighted by Crippen LogP contribution is -2.15. The van der Waals surface area contributed by atoms with Crippen LogP contribution in [-0.4, -0.2) is 25.0 Å². The Morgan fingerprint density at radius 3 is 3.17 bits per heavy atom. The lowest BCUT2D eigenvalue weighted by molar-refractivity contribution is 0.260. The molecule has 0 bridgehead atoms. The highest BCUT2D eigenvalue weighted by molar-refractivity contribution is 5.99. The maximum Gasteiger partial charge on any atom is 0.125 e. The van der Waals surface area contributed by atoms with Crippen molar-refractivity contribution in [2.45, 2.75) is 37.7 Å². The molecule has 3 aliphatic rings. The average molecular weight is 243 g/mol. The van der Waals surface area contributed by atoms with Crippen LogP contribution in [0.1, 0.15) is 37.2 Å². The molecule has 1 saturated carbocycles. The minimum atomic E-state index is 0.314. The number of epoxide rings is 1. The molecule has 1 aromatic carbocycles. The van der Waals surface area contributed by atoms with Crippen LogP contribution in [0.4, 0.5) is 5.69 Å². The highest BCUT2D eigenvalue weighted by atomic mass is 16.6. The molecule has 1 saturated heterocycles. The number of hydrogen-bond acceptors (Lipinski definition) is 3. The molecule has 2 aliphatic heterocycles. The van der Waals surface area contributed by atoms with Crippen LogP contribution in [-0.2, 0) is 4.74 Å². The first kappa shape index (κ1) is 10.6. The van der Waals surface area contributed by atoms with E-state index in [0.717, 1.165) is 24.5 Å². The molecule has 0 radical (unpaired) electrons. The van der Waals surface area contributed by atoms with Gasteiger partial charge in [0.25, 0.3) is 0 Å². The van der Waals surface area contributed by atoms with Crippen LogP contribution in [0, 0.1) is 0 Å². The largest absolute Gasteiger partial charge is 0.490 e. The molecule has 1 aliphatic carbocycles. The monoisotopic (exact) mass is 243 g/mol. The number of benzene rings is 1. The first-order chi connectivity index (χ1) is 8.92. The zero-order valence-electron chi connectivity index (χ0n) is 10.4. The van der Waals surface area contributed by atoms with Gasteiger partial charge >= 0.3 is 0 Å². The Hall–Kier alpha value is -1.35. The summed E-state index contributed by atoms with van der Waals surface area (Å²) in [6, 6.07) is 6.23. The smallest absolute Gasteiger partial charge is 0.125 e. The van der Waals surface area contributed by atoms with Crippen LogP contribution in [0.15, 0.2) is 23.2 Å². The fourth-order valence-corrected chi connectivity index (χ4v) is 3.05. The van der Waals surface area contributed by atoms with E-state index in [0.29, 0.717) is 18.6 Å². The SMILES string of the molecule is c1cc2c(c(OCC3CO3)c1)C1CCCCC1=N2. The first-order valence-corrected chi connectivity index (χ1v) is 6.86. The summed E-state index contributed by atoms with van der Waals surface area (Å²) in [6.07, 6.45) is 5.30. The third-order valence-electron chi connectivity index (χ3n) is 4.06. The van der Waals surface area contributed by atoms with Gasteiger partial charge in [-0.15, -0.1) is 0 Å². The van der Waals surface area contributed by atoms with E-state index in [1.807, 2.05) is 6.07 Å². The second kappa shape index (κ2) is 4.09. The molecule has 2 unspecified atom stereocenters. The van der Waals surface area contributed by atoms with Crippen molar-refractivity contribution < 1.29 is 9.47 Å². The molecule has 4 rings (SSSR count). The fraction of sp³-hybridized carbons (Fsp3) is 0.533. The quantitative estimate of drug-likeness (QED) is 0.764. The molecule has 94 valence electrons. The Morgan fingerprint density at radius 2 is 2.28 bits per heavy atom. The molecular formula is C15H17NO2. The number of nitrogens with zero attached hydrogens (tertiary/aromatic N) is 1. The number of ether oxygens (including phenoxy) is 2. The average Bonchev–Trinajstić information content (AvgIpc) is 3.15. The Bertz CT molecular complexity index is 505. The summed E-state index contributed by atoms with van der Waals surface area (Å²) in [5.41, 5.74) is 3.83. The molecule has 0 spiro atoms. The summed E-state index contributed by atoms with van der Waals surface area (Å²) < 4.78 is 11.1. The van der Waals surface area contributed by atoms with E-state index in [2.05, 4.69) is 12.1 Å². The van der Waals surface area contributed by atoms with E-state index < -0.39 is 0 Å². The lowest BCUT2D eigenvalue weighted by atomic mass is 9.83. The van der Waals surface area contributed by atoms with Crippen molar-refractivity contribution in [1.82, 2.24) is 0 Å². The standard InChI is InChI=1S/C15H17NO2/c1-2-5-12-11(4-1)15-13(16-12)6-3-7-14(15)18-9-10-8-17-10/h3,6-7,10-11H,1-2,4-5,8-9H2. The van der Waals surface area contributed by atoms with Gasteiger partial charge in [-0.3, -0.25) is 4.99 Å². The summed E-state index contributed by atoms with van der Waals surface area (Å²) >= 11 is 0. The molecule has 2 heterocycles. The second-order valence-corrected chi connectivity index (χ2v) is 5.36. The molecule has 2 atom stereocenters. The van der Waals surface area contributed by atoms with Gasteiger partial charge in [-0.2, -0.15) is 0 Å². The third-order valence-corrected chi connectivity index (χ3v) is 4.06. The van der Waals surface area contributed by atoms with Gasteiger partial charge in [0.1, 0.15) is 18.5 Å². The van der Waals surface area contributed by atoms with Crippen molar-refractivity contribution in [1.29, 1.82) is 0 Å². The highest BCUT2D eigenvalue weighted by Gasteiger charge is 2.32. The van der Waals surface area contributed by atoms with Crippen molar-refractivity contribution >= 4 is 11.4 Å². The summed E-state index contributed by atoms with van der Waals surface area (Å²) in [6.45, 7) is 1.53. The summed E-state index contributed by atoms with van der Waals surface area (Å²) in [5, 5.41) is 0. The van der Waals surface area contributed by atoms with E-state index in [1.54, 1.807) is 0 Å². The number of hydrogen-bond donors (Lipinski definition) is 0. The van der Waals surface area contributed by atoms with Gasteiger partial charge in [-0.25, -0.2) is 0 Å². The van der Waals surface area contributed by atoms with Crippen molar-refractivity contribution in [3.8, 4) is 5.75 Å². The van der Waals surface area contributed by atoms with Gasteiger partial charge in [-0.05, 0) is 31.4 Å². The van der Waals surface area contributed by atoms with Crippen LogP contribution >= 0.6 is 0 Å². The predicted molar refractivity (Wildman–Crippen MR) is 70.0 cm³/mol. The van der Waals surface area contributed by atoms with Gasteiger partial charge in [0.2, 0.25) is 0 Å². The van der Waals surface area contributed by atoms with Crippen LogP contribution in [0.2, 0.25) is 0 Å². The molecule has 3 nitrogen and oxygen atoms in total. The van der Waals surface area contributed by atoms with Gasteiger partial charge in [0.05, 0.1) is 12.3 Å².